The zero-order valence-corrected chi connectivity index (χ0v) is 14.8. The number of aromatic nitrogens is 1. The van der Waals surface area contributed by atoms with E-state index in [4.69, 9.17) is 16.3 Å². The fourth-order valence-corrected chi connectivity index (χ4v) is 3.63. The predicted octanol–water partition coefficient (Wildman–Crippen LogP) is 4.11. The average molecular weight is 362 g/mol. The molecule has 1 N–H and O–H groups in total. The molecule has 1 fully saturated rings. The first-order chi connectivity index (χ1) is 12.0. The van der Waals surface area contributed by atoms with Gasteiger partial charge in [-0.1, -0.05) is 29.8 Å². The minimum atomic E-state index is -0.421. The second-order valence-electron chi connectivity index (χ2n) is 6.34. The Kier molecular flexibility index (Phi) is 5.20. The smallest absolute Gasteiger partial charge is 0.290 e. The molecule has 2 aromatic rings. The average Bonchev–Trinajstić information content (AvgIpc) is 2.61. The summed E-state index contributed by atoms with van der Waals surface area (Å²) in [6, 6.07) is 9.59. The topological polar surface area (TPSA) is 77.3 Å². The Morgan fingerprint density at radius 1 is 1.36 bits per heavy atom. The Hall–Kier alpha value is -2.18. The summed E-state index contributed by atoms with van der Waals surface area (Å²) in [4.78, 5) is 14.7. The van der Waals surface area contributed by atoms with Gasteiger partial charge in [-0.05, 0) is 37.5 Å². The Morgan fingerprint density at radius 2 is 2.08 bits per heavy atom. The molecular weight excluding hydrogens is 342 g/mol. The van der Waals surface area contributed by atoms with Crippen LogP contribution in [0.5, 0.6) is 0 Å². The molecule has 1 saturated heterocycles. The van der Waals surface area contributed by atoms with Gasteiger partial charge in [0.25, 0.3) is 5.69 Å². The highest BCUT2D eigenvalue weighted by Crippen LogP contribution is 2.38. The molecule has 1 aliphatic heterocycles. The quantitative estimate of drug-likeness (QED) is 0.640. The Labute approximate surface area is 151 Å². The van der Waals surface area contributed by atoms with Crippen molar-refractivity contribution in [2.75, 3.05) is 25.1 Å². The SMILES string of the molecule is Cc1cc(NCC2(c3ccccc3Cl)CCOCC2)ncc1[N+](=O)[O-]. The van der Waals surface area contributed by atoms with Crippen LogP contribution in [0.2, 0.25) is 5.02 Å². The van der Waals surface area contributed by atoms with Crippen LogP contribution in [0.3, 0.4) is 0 Å². The first kappa shape index (κ1) is 17.6. The molecule has 6 nitrogen and oxygen atoms in total. The van der Waals surface area contributed by atoms with Crippen molar-refractivity contribution in [2.24, 2.45) is 0 Å². The van der Waals surface area contributed by atoms with Gasteiger partial charge in [0, 0.05) is 35.8 Å². The standard InChI is InChI=1S/C18H20ClN3O3/c1-13-10-17(20-11-16(13)22(23)24)21-12-18(6-8-25-9-7-18)14-4-2-3-5-15(14)19/h2-5,10-11H,6-9,12H2,1H3,(H,20,21). The number of nitrogens with one attached hydrogen (secondary N) is 1. The van der Waals surface area contributed by atoms with Crippen molar-refractivity contribution < 1.29 is 9.66 Å². The van der Waals surface area contributed by atoms with Gasteiger partial charge in [-0.2, -0.15) is 0 Å². The second-order valence-corrected chi connectivity index (χ2v) is 6.75. The number of rotatable bonds is 5. The number of aryl methyl sites for hydroxylation is 1. The Balaban J connectivity index is 1.84. The molecule has 0 amide bonds. The third-order valence-electron chi connectivity index (χ3n) is 4.78. The van der Waals surface area contributed by atoms with E-state index < -0.39 is 4.92 Å². The maximum absolute atomic E-state index is 10.9. The molecule has 25 heavy (non-hydrogen) atoms. The lowest BCUT2D eigenvalue weighted by Crippen LogP contribution is -2.40. The van der Waals surface area contributed by atoms with Gasteiger partial charge < -0.3 is 10.1 Å². The maximum atomic E-state index is 10.9. The van der Waals surface area contributed by atoms with Crippen molar-refractivity contribution in [3.8, 4) is 0 Å². The molecular formula is C18H20ClN3O3. The van der Waals surface area contributed by atoms with Crippen LogP contribution in [0.25, 0.3) is 0 Å². The largest absolute Gasteiger partial charge is 0.381 e. The molecule has 0 atom stereocenters. The number of pyridine rings is 1. The molecule has 0 radical (unpaired) electrons. The van der Waals surface area contributed by atoms with E-state index in [9.17, 15) is 10.1 Å². The van der Waals surface area contributed by atoms with E-state index in [2.05, 4.69) is 16.4 Å². The van der Waals surface area contributed by atoms with E-state index in [1.807, 2.05) is 18.2 Å². The number of halogens is 1. The number of hydrogen-bond donors (Lipinski definition) is 1. The normalized spacial score (nSPS) is 16.4. The first-order valence-electron chi connectivity index (χ1n) is 8.19. The van der Waals surface area contributed by atoms with Crippen molar-refractivity contribution in [3.63, 3.8) is 0 Å². The van der Waals surface area contributed by atoms with Gasteiger partial charge >= 0.3 is 0 Å². The molecule has 0 spiro atoms. The fourth-order valence-electron chi connectivity index (χ4n) is 3.29. The minimum absolute atomic E-state index is 0.0254. The van der Waals surface area contributed by atoms with Crippen molar-refractivity contribution in [1.82, 2.24) is 4.98 Å². The maximum Gasteiger partial charge on any atom is 0.290 e. The summed E-state index contributed by atoms with van der Waals surface area (Å²) in [6.07, 6.45) is 3.01. The van der Waals surface area contributed by atoms with Crippen LogP contribution in [-0.2, 0) is 10.2 Å². The summed E-state index contributed by atoms with van der Waals surface area (Å²) in [5.74, 6) is 0.626. The molecule has 2 heterocycles. The summed E-state index contributed by atoms with van der Waals surface area (Å²) in [5.41, 5.74) is 1.57. The molecule has 1 aromatic heterocycles. The third-order valence-corrected chi connectivity index (χ3v) is 5.11. The summed E-state index contributed by atoms with van der Waals surface area (Å²) in [6.45, 7) is 3.72. The molecule has 7 heteroatoms. The van der Waals surface area contributed by atoms with Crippen LogP contribution in [-0.4, -0.2) is 29.7 Å². The van der Waals surface area contributed by atoms with Crippen molar-refractivity contribution in [2.45, 2.75) is 25.2 Å². The van der Waals surface area contributed by atoms with Crippen LogP contribution in [0.15, 0.2) is 36.5 Å². The van der Waals surface area contributed by atoms with Crippen molar-refractivity contribution in [1.29, 1.82) is 0 Å². The number of benzene rings is 1. The highest BCUT2D eigenvalue weighted by Gasteiger charge is 2.36. The van der Waals surface area contributed by atoms with E-state index in [0.29, 0.717) is 31.1 Å². The first-order valence-corrected chi connectivity index (χ1v) is 8.57. The Bertz CT molecular complexity index is 776. The third kappa shape index (κ3) is 3.75. The van der Waals surface area contributed by atoms with Crippen molar-refractivity contribution in [3.05, 3.63) is 62.8 Å². The fraction of sp³-hybridized carbons (Fsp3) is 0.389. The molecule has 132 valence electrons. The number of hydrogen-bond acceptors (Lipinski definition) is 5. The van der Waals surface area contributed by atoms with Crippen LogP contribution in [0.1, 0.15) is 24.0 Å². The number of nitro groups is 1. The summed E-state index contributed by atoms with van der Waals surface area (Å²) in [5, 5.41) is 15.0. The van der Waals surface area contributed by atoms with E-state index in [1.165, 1.54) is 6.20 Å². The molecule has 0 bridgehead atoms. The zero-order chi connectivity index (χ0) is 17.9. The van der Waals surface area contributed by atoms with Crippen LogP contribution in [0, 0.1) is 17.0 Å². The van der Waals surface area contributed by atoms with Crippen LogP contribution < -0.4 is 5.32 Å². The molecule has 1 aromatic carbocycles. The van der Waals surface area contributed by atoms with Gasteiger partial charge in [0.2, 0.25) is 0 Å². The predicted molar refractivity (Wildman–Crippen MR) is 97.3 cm³/mol. The van der Waals surface area contributed by atoms with Gasteiger partial charge in [0.05, 0.1) is 4.92 Å². The highest BCUT2D eigenvalue weighted by atomic mass is 35.5. The lowest BCUT2D eigenvalue weighted by Gasteiger charge is -2.38. The lowest BCUT2D eigenvalue weighted by atomic mass is 9.74. The van der Waals surface area contributed by atoms with Gasteiger partial charge in [0.1, 0.15) is 12.0 Å². The van der Waals surface area contributed by atoms with Crippen molar-refractivity contribution >= 4 is 23.1 Å². The van der Waals surface area contributed by atoms with E-state index >= 15 is 0 Å². The number of nitrogens with zero attached hydrogens (tertiary/aromatic N) is 2. The summed E-state index contributed by atoms with van der Waals surface area (Å²) >= 11 is 6.45. The number of ether oxygens (including phenoxy) is 1. The molecule has 0 saturated carbocycles. The molecule has 0 unspecified atom stereocenters. The minimum Gasteiger partial charge on any atom is -0.381 e. The van der Waals surface area contributed by atoms with E-state index in [1.54, 1.807) is 13.0 Å². The monoisotopic (exact) mass is 361 g/mol. The molecule has 3 rings (SSSR count). The zero-order valence-electron chi connectivity index (χ0n) is 14.0. The van der Waals surface area contributed by atoms with Crippen LogP contribution >= 0.6 is 11.6 Å². The summed E-state index contributed by atoms with van der Waals surface area (Å²) in [7, 11) is 0. The summed E-state index contributed by atoms with van der Waals surface area (Å²) < 4.78 is 5.54. The lowest BCUT2D eigenvalue weighted by molar-refractivity contribution is -0.385. The molecule has 0 aliphatic carbocycles. The van der Waals surface area contributed by atoms with E-state index in [0.717, 1.165) is 23.4 Å². The van der Waals surface area contributed by atoms with Gasteiger partial charge in [0.15, 0.2) is 0 Å². The highest BCUT2D eigenvalue weighted by molar-refractivity contribution is 6.31. The van der Waals surface area contributed by atoms with E-state index in [-0.39, 0.29) is 11.1 Å². The van der Waals surface area contributed by atoms with Gasteiger partial charge in [-0.25, -0.2) is 4.98 Å². The molecule has 1 aliphatic rings. The number of anilines is 1. The van der Waals surface area contributed by atoms with Gasteiger partial charge in [-0.15, -0.1) is 0 Å². The van der Waals surface area contributed by atoms with Crippen LogP contribution in [0.4, 0.5) is 11.5 Å². The second kappa shape index (κ2) is 7.37. The van der Waals surface area contributed by atoms with Gasteiger partial charge in [-0.3, -0.25) is 10.1 Å². The Morgan fingerprint density at radius 3 is 2.72 bits per heavy atom.